The fourth-order valence-corrected chi connectivity index (χ4v) is 1.84. The highest BCUT2D eigenvalue weighted by Crippen LogP contribution is 2.39. The van der Waals surface area contributed by atoms with Crippen molar-refractivity contribution in [2.45, 2.75) is 19.9 Å². The maximum absolute atomic E-state index is 12.6. The van der Waals surface area contributed by atoms with E-state index in [1.165, 1.54) is 17.7 Å². The van der Waals surface area contributed by atoms with E-state index in [1.54, 1.807) is 0 Å². The Morgan fingerprint density at radius 2 is 1.92 bits per heavy atom. The maximum atomic E-state index is 12.6. The fraction of sp³-hybridized carbons (Fsp3) is 0.455. The average molecular weight is 179 g/mol. The zero-order valence-corrected chi connectivity index (χ0v) is 7.97. The van der Waals surface area contributed by atoms with E-state index >= 15 is 0 Å². The van der Waals surface area contributed by atoms with Gasteiger partial charge in [-0.3, -0.25) is 0 Å². The van der Waals surface area contributed by atoms with Crippen molar-refractivity contribution in [2.24, 2.45) is 5.41 Å². The predicted octanol–water partition coefficient (Wildman–Crippen LogP) is 2.50. The number of halogens is 1. The summed E-state index contributed by atoms with van der Waals surface area (Å²) < 4.78 is 12.6. The van der Waals surface area contributed by atoms with Crippen molar-refractivity contribution in [1.29, 1.82) is 0 Å². The number of hydrogen-bond acceptors (Lipinski definition) is 1. The van der Waals surface area contributed by atoms with Gasteiger partial charge in [-0.15, -0.1) is 0 Å². The van der Waals surface area contributed by atoms with Gasteiger partial charge in [0.05, 0.1) is 0 Å². The molecule has 1 saturated heterocycles. The van der Waals surface area contributed by atoms with E-state index in [4.69, 9.17) is 0 Å². The van der Waals surface area contributed by atoms with Gasteiger partial charge in [0.2, 0.25) is 0 Å². The van der Waals surface area contributed by atoms with Gasteiger partial charge in [-0.05, 0) is 23.1 Å². The topological polar surface area (TPSA) is 12.0 Å². The van der Waals surface area contributed by atoms with Crippen LogP contribution in [0.15, 0.2) is 24.3 Å². The van der Waals surface area contributed by atoms with Crippen LogP contribution in [0.1, 0.15) is 25.5 Å². The summed E-state index contributed by atoms with van der Waals surface area (Å²) in [6.45, 7) is 5.48. The molecule has 1 aromatic rings. The molecule has 1 atom stereocenters. The molecule has 1 aliphatic heterocycles. The van der Waals surface area contributed by atoms with E-state index < -0.39 is 0 Å². The highest BCUT2D eigenvalue weighted by Gasteiger charge is 2.38. The summed E-state index contributed by atoms with van der Waals surface area (Å²) in [4.78, 5) is 0. The third-order valence-corrected chi connectivity index (χ3v) is 2.75. The highest BCUT2D eigenvalue weighted by atomic mass is 19.1. The lowest BCUT2D eigenvalue weighted by Gasteiger charge is -2.46. The van der Waals surface area contributed by atoms with Crippen LogP contribution >= 0.6 is 0 Å². The Hall–Kier alpha value is -0.890. The Labute approximate surface area is 78.0 Å². The Morgan fingerprint density at radius 3 is 2.31 bits per heavy atom. The first-order valence-corrected chi connectivity index (χ1v) is 4.58. The van der Waals surface area contributed by atoms with Gasteiger partial charge >= 0.3 is 0 Å². The van der Waals surface area contributed by atoms with E-state index in [0.717, 1.165) is 6.54 Å². The van der Waals surface area contributed by atoms with Gasteiger partial charge in [-0.1, -0.05) is 26.0 Å². The first kappa shape index (κ1) is 8.70. The minimum atomic E-state index is -0.166. The van der Waals surface area contributed by atoms with Crippen molar-refractivity contribution in [3.05, 3.63) is 35.6 Å². The lowest BCUT2D eigenvalue weighted by molar-refractivity contribution is 0.128. The molecule has 1 aliphatic rings. The zero-order valence-electron chi connectivity index (χ0n) is 7.97. The smallest absolute Gasteiger partial charge is 0.123 e. The van der Waals surface area contributed by atoms with Crippen LogP contribution < -0.4 is 5.32 Å². The summed E-state index contributed by atoms with van der Waals surface area (Å²) in [5, 5.41) is 3.35. The second-order valence-electron chi connectivity index (χ2n) is 4.35. The molecule has 0 aliphatic carbocycles. The monoisotopic (exact) mass is 179 g/mol. The summed E-state index contributed by atoms with van der Waals surface area (Å²) in [7, 11) is 0. The highest BCUT2D eigenvalue weighted by molar-refractivity contribution is 5.24. The van der Waals surface area contributed by atoms with Crippen molar-refractivity contribution in [3.63, 3.8) is 0 Å². The molecule has 2 rings (SSSR count). The molecular formula is C11H14FN. The molecule has 1 aromatic carbocycles. The molecule has 1 N–H and O–H groups in total. The van der Waals surface area contributed by atoms with E-state index in [2.05, 4.69) is 19.2 Å². The zero-order chi connectivity index (χ0) is 9.47. The van der Waals surface area contributed by atoms with Crippen molar-refractivity contribution in [2.75, 3.05) is 6.54 Å². The quantitative estimate of drug-likeness (QED) is 0.698. The lowest BCUT2D eigenvalue weighted by atomic mass is 9.74. The standard InChI is InChI=1S/C11H14FN/c1-11(2)7-13-10(11)8-3-5-9(12)6-4-8/h3-6,10,13H,7H2,1-2H3. The molecule has 2 heteroatoms. The second kappa shape index (κ2) is 2.81. The van der Waals surface area contributed by atoms with Gasteiger partial charge in [0, 0.05) is 12.6 Å². The molecule has 0 spiro atoms. The average Bonchev–Trinajstić information content (AvgIpc) is 2.07. The first-order chi connectivity index (χ1) is 6.09. The van der Waals surface area contributed by atoms with E-state index in [9.17, 15) is 4.39 Å². The van der Waals surface area contributed by atoms with Crippen molar-refractivity contribution in [1.82, 2.24) is 5.32 Å². The predicted molar refractivity (Wildman–Crippen MR) is 50.9 cm³/mol. The van der Waals surface area contributed by atoms with Crippen LogP contribution in [0.5, 0.6) is 0 Å². The summed E-state index contributed by atoms with van der Waals surface area (Å²) in [6, 6.07) is 7.13. The van der Waals surface area contributed by atoms with Crippen LogP contribution in [-0.4, -0.2) is 6.54 Å². The lowest BCUT2D eigenvalue weighted by Crippen LogP contribution is -2.52. The van der Waals surface area contributed by atoms with Crippen molar-refractivity contribution >= 4 is 0 Å². The Morgan fingerprint density at radius 1 is 1.31 bits per heavy atom. The number of hydrogen-bond donors (Lipinski definition) is 1. The van der Waals surface area contributed by atoms with Crippen LogP contribution in [0.2, 0.25) is 0 Å². The SMILES string of the molecule is CC1(C)CNC1c1ccc(F)cc1. The molecule has 1 nitrogen and oxygen atoms in total. The minimum Gasteiger partial charge on any atom is -0.309 e. The van der Waals surface area contributed by atoms with Gasteiger partial charge in [0.15, 0.2) is 0 Å². The molecule has 1 fully saturated rings. The summed E-state index contributed by atoms with van der Waals surface area (Å²) in [5.74, 6) is -0.166. The summed E-state index contributed by atoms with van der Waals surface area (Å²) >= 11 is 0. The maximum Gasteiger partial charge on any atom is 0.123 e. The van der Waals surface area contributed by atoms with Crippen LogP contribution in [0.25, 0.3) is 0 Å². The minimum absolute atomic E-state index is 0.166. The largest absolute Gasteiger partial charge is 0.309 e. The molecule has 70 valence electrons. The molecule has 13 heavy (non-hydrogen) atoms. The van der Waals surface area contributed by atoms with Crippen LogP contribution in [-0.2, 0) is 0 Å². The van der Waals surface area contributed by atoms with Crippen molar-refractivity contribution < 1.29 is 4.39 Å². The number of benzene rings is 1. The van der Waals surface area contributed by atoms with E-state index in [1.807, 2.05) is 12.1 Å². The second-order valence-corrected chi connectivity index (χ2v) is 4.35. The summed E-state index contributed by atoms with van der Waals surface area (Å²) in [5.41, 5.74) is 1.48. The van der Waals surface area contributed by atoms with E-state index in [0.29, 0.717) is 11.5 Å². The molecule has 1 unspecified atom stereocenters. The van der Waals surface area contributed by atoms with Gasteiger partial charge in [0.25, 0.3) is 0 Å². The number of nitrogens with one attached hydrogen (secondary N) is 1. The molecule has 0 amide bonds. The van der Waals surface area contributed by atoms with Crippen LogP contribution in [0.3, 0.4) is 0 Å². The van der Waals surface area contributed by atoms with Gasteiger partial charge in [-0.25, -0.2) is 4.39 Å². The molecule has 0 radical (unpaired) electrons. The molecular weight excluding hydrogens is 165 g/mol. The third-order valence-electron chi connectivity index (χ3n) is 2.75. The van der Waals surface area contributed by atoms with Crippen molar-refractivity contribution in [3.8, 4) is 0 Å². The molecule has 0 saturated carbocycles. The summed E-state index contributed by atoms with van der Waals surface area (Å²) in [6.07, 6.45) is 0. The number of rotatable bonds is 1. The third kappa shape index (κ3) is 1.46. The first-order valence-electron chi connectivity index (χ1n) is 4.58. The van der Waals surface area contributed by atoms with Gasteiger partial charge in [-0.2, -0.15) is 0 Å². The Kier molecular flexibility index (Phi) is 1.88. The molecule has 1 heterocycles. The van der Waals surface area contributed by atoms with Gasteiger partial charge < -0.3 is 5.32 Å². The van der Waals surface area contributed by atoms with Crippen LogP contribution in [0.4, 0.5) is 4.39 Å². The Bertz CT molecular complexity index is 302. The molecule has 0 aromatic heterocycles. The molecule has 0 bridgehead atoms. The Balaban J connectivity index is 2.22. The van der Waals surface area contributed by atoms with Gasteiger partial charge in [0.1, 0.15) is 5.82 Å². The van der Waals surface area contributed by atoms with Crippen LogP contribution in [0, 0.1) is 11.2 Å². The van der Waals surface area contributed by atoms with E-state index in [-0.39, 0.29) is 5.82 Å². The fourth-order valence-electron chi connectivity index (χ4n) is 1.84. The normalized spacial score (nSPS) is 25.3.